The largest absolute Gasteiger partial charge is 0.299 e. The van der Waals surface area contributed by atoms with Gasteiger partial charge < -0.3 is 0 Å². The minimum Gasteiger partial charge on any atom is -0.299 e. The number of ketones is 2. The molecule has 1 rings (SSSR count). The zero-order valence-electron chi connectivity index (χ0n) is 10.3. The van der Waals surface area contributed by atoms with E-state index in [-0.39, 0.29) is 17.8 Å². The van der Waals surface area contributed by atoms with E-state index in [9.17, 15) is 18.4 Å². The lowest BCUT2D eigenvalue weighted by Crippen LogP contribution is -2.08. The predicted octanol–water partition coefficient (Wildman–Crippen LogP) is 3.69. The number of unbranched alkanes of at least 4 members (excludes halogenated alkanes) is 2. The third-order valence-corrected chi connectivity index (χ3v) is 2.60. The Morgan fingerprint density at radius 1 is 1.06 bits per heavy atom. The first-order valence-electron chi connectivity index (χ1n) is 6.04. The minimum absolute atomic E-state index is 0.0867. The van der Waals surface area contributed by atoms with E-state index >= 15 is 0 Å². The van der Waals surface area contributed by atoms with Crippen molar-refractivity contribution >= 4 is 11.6 Å². The molecule has 18 heavy (non-hydrogen) atoms. The Morgan fingerprint density at radius 3 is 2.22 bits per heavy atom. The van der Waals surface area contributed by atoms with Gasteiger partial charge in [-0.2, -0.15) is 0 Å². The van der Waals surface area contributed by atoms with E-state index in [1.165, 1.54) is 0 Å². The zero-order valence-corrected chi connectivity index (χ0v) is 10.3. The molecule has 0 bridgehead atoms. The van der Waals surface area contributed by atoms with E-state index in [2.05, 4.69) is 0 Å². The smallest absolute Gasteiger partial charge is 0.170 e. The second kappa shape index (κ2) is 6.99. The predicted molar refractivity (Wildman–Crippen MR) is 64.5 cm³/mol. The molecule has 2 nitrogen and oxygen atoms in total. The van der Waals surface area contributed by atoms with E-state index in [0.717, 1.165) is 31.4 Å². The highest BCUT2D eigenvalue weighted by atomic mass is 19.1. The summed E-state index contributed by atoms with van der Waals surface area (Å²) in [6.07, 6.45) is 2.75. The molecule has 0 heterocycles. The first kappa shape index (κ1) is 14.5. The molecule has 0 saturated heterocycles. The first-order chi connectivity index (χ1) is 8.52. The molecule has 0 saturated carbocycles. The van der Waals surface area contributed by atoms with Gasteiger partial charge in [-0.05, 0) is 18.6 Å². The number of benzene rings is 1. The van der Waals surface area contributed by atoms with Gasteiger partial charge in [0.05, 0.1) is 6.42 Å². The quantitative estimate of drug-likeness (QED) is 0.422. The molecule has 0 amide bonds. The fourth-order valence-corrected chi connectivity index (χ4v) is 1.66. The molecule has 0 aliphatic rings. The van der Waals surface area contributed by atoms with Crippen molar-refractivity contribution in [2.45, 2.75) is 39.0 Å². The van der Waals surface area contributed by atoms with Gasteiger partial charge in [-0.25, -0.2) is 8.78 Å². The standard InChI is InChI=1S/C14H16F2O2/c1-2-3-4-5-13(17)9-14(18)10-6-11(15)8-12(16)7-10/h6-8H,2-5,9H2,1H3. The summed E-state index contributed by atoms with van der Waals surface area (Å²) in [6, 6.07) is 2.59. The van der Waals surface area contributed by atoms with E-state index in [4.69, 9.17) is 0 Å². The molecule has 0 fully saturated rings. The van der Waals surface area contributed by atoms with Crippen LogP contribution in [0.3, 0.4) is 0 Å². The molecule has 0 atom stereocenters. The van der Waals surface area contributed by atoms with E-state index in [0.29, 0.717) is 12.5 Å². The minimum atomic E-state index is -0.809. The van der Waals surface area contributed by atoms with Gasteiger partial charge in [0.1, 0.15) is 17.4 Å². The lowest BCUT2D eigenvalue weighted by molar-refractivity contribution is -0.118. The number of hydrogen-bond donors (Lipinski definition) is 0. The number of carbonyl (C=O) groups is 2. The molecule has 98 valence electrons. The van der Waals surface area contributed by atoms with Crippen LogP contribution < -0.4 is 0 Å². The number of hydrogen-bond acceptors (Lipinski definition) is 2. The second-order valence-corrected chi connectivity index (χ2v) is 4.25. The van der Waals surface area contributed by atoms with Crippen LogP contribution in [0, 0.1) is 11.6 Å². The van der Waals surface area contributed by atoms with Crippen molar-refractivity contribution in [3.05, 3.63) is 35.4 Å². The first-order valence-corrected chi connectivity index (χ1v) is 6.04. The average molecular weight is 254 g/mol. The van der Waals surface area contributed by atoms with Gasteiger partial charge in [0.2, 0.25) is 0 Å². The van der Waals surface area contributed by atoms with Crippen molar-refractivity contribution in [3.63, 3.8) is 0 Å². The fraction of sp³-hybridized carbons (Fsp3) is 0.429. The van der Waals surface area contributed by atoms with Crippen LogP contribution in [0.25, 0.3) is 0 Å². The van der Waals surface area contributed by atoms with Crippen LogP contribution in [0.4, 0.5) is 8.78 Å². The molecular weight excluding hydrogens is 238 g/mol. The molecule has 0 aliphatic carbocycles. The number of rotatable bonds is 7. The maximum absolute atomic E-state index is 12.9. The van der Waals surface area contributed by atoms with Crippen molar-refractivity contribution in [2.24, 2.45) is 0 Å². The van der Waals surface area contributed by atoms with Gasteiger partial charge in [-0.1, -0.05) is 19.8 Å². The van der Waals surface area contributed by atoms with E-state index < -0.39 is 17.4 Å². The van der Waals surface area contributed by atoms with Gasteiger partial charge in [0, 0.05) is 18.1 Å². The molecule has 1 aromatic carbocycles. The molecule has 0 aliphatic heterocycles. The van der Waals surface area contributed by atoms with Crippen LogP contribution in [-0.4, -0.2) is 11.6 Å². The summed E-state index contributed by atoms with van der Waals surface area (Å²) in [6.45, 7) is 2.02. The maximum atomic E-state index is 12.9. The molecule has 0 aromatic heterocycles. The van der Waals surface area contributed by atoms with E-state index in [1.807, 2.05) is 6.92 Å². The zero-order chi connectivity index (χ0) is 13.5. The highest BCUT2D eigenvalue weighted by Gasteiger charge is 2.13. The molecule has 0 unspecified atom stereocenters. The Balaban J connectivity index is 2.56. The third kappa shape index (κ3) is 4.73. The van der Waals surface area contributed by atoms with Crippen molar-refractivity contribution in [3.8, 4) is 0 Å². The Labute approximate surface area is 105 Å². The highest BCUT2D eigenvalue weighted by molar-refractivity contribution is 6.07. The van der Waals surface area contributed by atoms with Crippen LogP contribution in [0.15, 0.2) is 18.2 Å². The van der Waals surface area contributed by atoms with Gasteiger partial charge in [-0.3, -0.25) is 9.59 Å². The average Bonchev–Trinajstić information content (AvgIpc) is 2.28. The van der Waals surface area contributed by atoms with Crippen LogP contribution in [0.1, 0.15) is 49.4 Å². The molecule has 1 aromatic rings. The molecular formula is C14H16F2O2. The Morgan fingerprint density at radius 2 is 1.67 bits per heavy atom. The van der Waals surface area contributed by atoms with Gasteiger partial charge in [0.15, 0.2) is 5.78 Å². The topological polar surface area (TPSA) is 34.1 Å². The maximum Gasteiger partial charge on any atom is 0.170 e. The molecule has 0 spiro atoms. The summed E-state index contributed by atoms with van der Waals surface area (Å²) in [5.74, 6) is -2.33. The molecule has 0 N–H and O–H groups in total. The van der Waals surface area contributed by atoms with Crippen molar-refractivity contribution < 1.29 is 18.4 Å². The Hall–Kier alpha value is -1.58. The Kier molecular flexibility index (Phi) is 5.62. The van der Waals surface area contributed by atoms with Crippen LogP contribution in [0.2, 0.25) is 0 Å². The fourth-order valence-electron chi connectivity index (χ4n) is 1.66. The van der Waals surface area contributed by atoms with Crippen LogP contribution in [-0.2, 0) is 4.79 Å². The highest BCUT2D eigenvalue weighted by Crippen LogP contribution is 2.11. The number of Topliss-reactive ketones (excluding diaryl/α,β-unsaturated/α-hetero) is 2. The van der Waals surface area contributed by atoms with Crippen LogP contribution in [0.5, 0.6) is 0 Å². The SMILES string of the molecule is CCCCCC(=O)CC(=O)c1cc(F)cc(F)c1. The lowest BCUT2D eigenvalue weighted by Gasteiger charge is -2.02. The summed E-state index contributed by atoms with van der Waals surface area (Å²) in [5.41, 5.74) is -0.0867. The number of carbonyl (C=O) groups excluding carboxylic acids is 2. The summed E-state index contributed by atoms with van der Waals surface area (Å²) >= 11 is 0. The van der Waals surface area contributed by atoms with Crippen molar-refractivity contribution in [1.82, 2.24) is 0 Å². The van der Waals surface area contributed by atoms with Crippen LogP contribution >= 0.6 is 0 Å². The van der Waals surface area contributed by atoms with E-state index in [1.54, 1.807) is 0 Å². The third-order valence-electron chi connectivity index (χ3n) is 2.60. The molecule has 4 heteroatoms. The summed E-state index contributed by atoms with van der Waals surface area (Å²) in [4.78, 5) is 23.1. The summed E-state index contributed by atoms with van der Waals surface area (Å²) in [7, 11) is 0. The van der Waals surface area contributed by atoms with Crippen molar-refractivity contribution in [1.29, 1.82) is 0 Å². The van der Waals surface area contributed by atoms with Gasteiger partial charge in [-0.15, -0.1) is 0 Å². The lowest BCUT2D eigenvalue weighted by atomic mass is 10.0. The van der Waals surface area contributed by atoms with Gasteiger partial charge in [0.25, 0.3) is 0 Å². The number of halogens is 2. The molecule has 0 radical (unpaired) electrons. The second-order valence-electron chi connectivity index (χ2n) is 4.25. The monoisotopic (exact) mass is 254 g/mol. The normalized spacial score (nSPS) is 10.4. The summed E-state index contributed by atoms with van der Waals surface area (Å²) < 4.78 is 25.8. The summed E-state index contributed by atoms with van der Waals surface area (Å²) in [5, 5.41) is 0. The van der Waals surface area contributed by atoms with Gasteiger partial charge >= 0.3 is 0 Å². The van der Waals surface area contributed by atoms with Crippen molar-refractivity contribution in [2.75, 3.05) is 0 Å². The Bertz CT molecular complexity index is 421.